The van der Waals surface area contributed by atoms with Crippen molar-refractivity contribution >= 4 is 11.9 Å². The van der Waals surface area contributed by atoms with Gasteiger partial charge < -0.3 is 14.4 Å². The third-order valence-electron chi connectivity index (χ3n) is 5.31. The van der Waals surface area contributed by atoms with E-state index >= 15 is 0 Å². The number of ether oxygens (including phenoxy) is 2. The molecule has 1 atom stereocenters. The molecule has 3 aromatic carbocycles. The fraction of sp³-hybridized carbons (Fsp3) is 0.185. The molecule has 5 heteroatoms. The predicted molar refractivity (Wildman–Crippen MR) is 122 cm³/mol. The van der Waals surface area contributed by atoms with Crippen LogP contribution in [0.4, 0.5) is 0 Å². The van der Waals surface area contributed by atoms with Gasteiger partial charge in [0.25, 0.3) is 5.91 Å². The summed E-state index contributed by atoms with van der Waals surface area (Å²) in [6.45, 7) is 2.22. The first kappa shape index (κ1) is 21.4. The monoisotopic (exact) mass is 427 g/mol. The van der Waals surface area contributed by atoms with Crippen molar-refractivity contribution in [3.05, 3.63) is 113 Å². The minimum atomic E-state index is -0.356. The van der Waals surface area contributed by atoms with Crippen molar-refractivity contribution in [1.29, 1.82) is 0 Å². The number of nitrogens with zero attached hydrogens (tertiary/aromatic N) is 1. The fourth-order valence-corrected chi connectivity index (χ4v) is 3.75. The summed E-state index contributed by atoms with van der Waals surface area (Å²) >= 11 is 0. The van der Waals surface area contributed by atoms with Gasteiger partial charge in [0.2, 0.25) is 0 Å². The van der Waals surface area contributed by atoms with E-state index in [2.05, 4.69) is 12.1 Å². The highest BCUT2D eigenvalue weighted by Gasteiger charge is 2.34. The lowest BCUT2D eigenvalue weighted by Crippen LogP contribution is -2.36. The van der Waals surface area contributed by atoms with Gasteiger partial charge in [-0.15, -0.1) is 0 Å². The summed E-state index contributed by atoms with van der Waals surface area (Å²) in [6.07, 6.45) is 2.28. The molecule has 32 heavy (non-hydrogen) atoms. The minimum absolute atomic E-state index is 0.0463. The van der Waals surface area contributed by atoms with Crippen LogP contribution in [0, 0.1) is 0 Å². The highest BCUT2D eigenvalue weighted by molar-refractivity contribution is 5.91. The number of rotatable bonds is 8. The van der Waals surface area contributed by atoms with E-state index in [0.29, 0.717) is 31.1 Å². The molecule has 1 aliphatic heterocycles. The van der Waals surface area contributed by atoms with Gasteiger partial charge in [0, 0.05) is 26.0 Å². The number of benzene rings is 3. The van der Waals surface area contributed by atoms with Gasteiger partial charge in [-0.1, -0.05) is 72.8 Å². The maximum absolute atomic E-state index is 12.9. The third kappa shape index (κ3) is 5.43. The molecule has 0 radical (unpaired) electrons. The molecule has 1 heterocycles. The summed E-state index contributed by atoms with van der Waals surface area (Å²) in [7, 11) is 0. The summed E-state index contributed by atoms with van der Waals surface area (Å²) in [5.74, 6) is 0.757. The van der Waals surface area contributed by atoms with Crippen molar-refractivity contribution in [3.8, 4) is 5.75 Å². The second-order valence-electron chi connectivity index (χ2n) is 7.73. The number of esters is 1. The van der Waals surface area contributed by atoms with E-state index in [1.54, 1.807) is 18.2 Å². The zero-order valence-corrected chi connectivity index (χ0v) is 17.9. The average molecular weight is 428 g/mol. The fourth-order valence-electron chi connectivity index (χ4n) is 3.75. The molecule has 4 rings (SSSR count). The van der Waals surface area contributed by atoms with Crippen molar-refractivity contribution in [2.45, 2.75) is 32.5 Å². The van der Waals surface area contributed by atoms with E-state index in [1.165, 1.54) is 6.92 Å². The lowest BCUT2D eigenvalue weighted by Gasteiger charge is -2.27. The summed E-state index contributed by atoms with van der Waals surface area (Å²) in [6, 6.07) is 27.1. The molecule has 0 bridgehead atoms. The van der Waals surface area contributed by atoms with Gasteiger partial charge in [-0.05, 0) is 28.8 Å². The first-order chi connectivity index (χ1) is 15.6. The topological polar surface area (TPSA) is 55.8 Å². The Bertz CT molecular complexity index is 1090. The van der Waals surface area contributed by atoms with Gasteiger partial charge in [0.15, 0.2) is 0 Å². The van der Waals surface area contributed by atoms with Gasteiger partial charge in [-0.25, -0.2) is 0 Å². The van der Waals surface area contributed by atoms with Gasteiger partial charge in [-0.2, -0.15) is 0 Å². The normalized spacial score (nSPS) is 15.4. The number of hydrogen-bond acceptors (Lipinski definition) is 4. The van der Waals surface area contributed by atoms with Crippen LogP contribution in [0.25, 0.3) is 0 Å². The van der Waals surface area contributed by atoms with E-state index in [4.69, 9.17) is 9.47 Å². The van der Waals surface area contributed by atoms with Crippen molar-refractivity contribution in [2.75, 3.05) is 0 Å². The first-order valence-electron chi connectivity index (χ1n) is 10.6. The summed E-state index contributed by atoms with van der Waals surface area (Å²) in [4.78, 5) is 25.8. The largest absolute Gasteiger partial charge is 0.491 e. The molecule has 162 valence electrons. The zero-order chi connectivity index (χ0) is 22.3. The molecule has 0 saturated carbocycles. The first-order valence-corrected chi connectivity index (χ1v) is 10.6. The maximum Gasteiger partial charge on any atom is 0.308 e. The zero-order valence-electron chi connectivity index (χ0n) is 17.9. The van der Waals surface area contributed by atoms with E-state index in [-0.39, 0.29) is 17.9 Å². The van der Waals surface area contributed by atoms with Crippen LogP contribution in [0.2, 0.25) is 0 Å². The second-order valence-corrected chi connectivity index (χ2v) is 7.73. The molecule has 0 fully saturated rings. The van der Waals surface area contributed by atoms with Crippen molar-refractivity contribution < 1.29 is 19.1 Å². The lowest BCUT2D eigenvalue weighted by molar-refractivity contribution is -0.132. The Morgan fingerprint density at radius 2 is 1.47 bits per heavy atom. The van der Waals surface area contributed by atoms with Crippen LogP contribution in [0.5, 0.6) is 5.75 Å². The van der Waals surface area contributed by atoms with Crippen molar-refractivity contribution in [1.82, 2.24) is 4.90 Å². The molecule has 0 spiro atoms. The van der Waals surface area contributed by atoms with Crippen LogP contribution in [0.3, 0.4) is 0 Å². The number of hydrogen-bond donors (Lipinski definition) is 0. The van der Waals surface area contributed by atoms with E-state index in [0.717, 1.165) is 16.7 Å². The second kappa shape index (κ2) is 9.96. The highest BCUT2D eigenvalue weighted by atomic mass is 16.5. The Labute approximate surface area is 187 Å². The van der Waals surface area contributed by atoms with E-state index < -0.39 is 0 Å². The highest BCUT2D eigenvalue weighted by Crippen LogP contribution is 2.27. The van der Waals surface area contributed by atoms with Crippen LogP contribution >= 0.6 is 0 Å². The molecule has 0 aliphatic carbocycles. The van der Waals surface area contributed by atoms with Crippen LogP contribution < -0.4 is 4.74 Å². The molecule has 0 aromatic heterocycles. The van der Waals surface area contributed by atoms with Crippen LogP contribution in [0.1, 0.15) is 23.6 Å². The molecule has 5 nitrogen and oxygen atoms in total. The standard InChI is InChI=1S/C27H25NO4/c1-20(29)32-24-14-12-23(13-15-24)19-31-26-17-27(30)28(18-22-10-6-3-7-11-22)25(26)16-21-8-4-2-5-9-21/h2-15,17,25H,16,18-19H2,1H3. The smallest absolute Gasteiger partial charge is 0.308 e. The van der Waals surface area contributed by atoms with Crippen molar-refractivity contribution in [3.63, 3.8) is 0 Å². The minimum Gasteiger partial charge on any atom is -0.491 e. The Morgan fingerprint density at radius 3 is 2.09 bits per heavy atom. The van der Waals surface area contributed by atoms with E-state index in [9.17, 15) is 9.59 Å². The number of amides is 1. The Balaban J connectivity index is 1.49. The molecule has 0 N–H and O–H groups in total. The third-order valence-corrected chi connectivity index (χ3v) is 5.31. The summed E-state index contributed by atoms with van der Waals surface area (Å²) in [5, 5.41) is 0. The predicted octanol–water partition coefficient (Wildman–Crippen LogP) is 4.67. The molecular formula is C27H25NO4. The molecule has 1 amide bonds. The molecule has 1 unspecified atom stereocenters. The number of carbonyl (C=O) groups excluding carboxylic acids is 2. The van der Waals surface area contributed by atoms with Crippen molar-refractivity contribution in [2.24, 2.45) is 0 Å². The van der Waals surface area contributed by atoms with E-state index in [1.807, 2.05) is 65.6 Å². The number of carbonyl (C=O) groups is 2. The molecule has 0 saturated heterocycles. The van der Waals surface area contributed by atoms with Crippen LogP contribution in [-0.2, 0) is 33.9 Å². The SMILES string of the molecule is CC(=O)Oc1ccc(COC2=CC(=O)N(Cc3ccccc3)C2Cc2ccccc2)cc1. The lowest BCUT2D eigenvalue weighted by atomic mass is 10.0. The Morgan fingerprint density at radius 1 is 0.844 bits per heavy atom. The van der Waals surface area contributed by atoms with Crippen LogP contribution in [-0.4, -0.2) is 22.8 Å². The Hall–Kier alpha value is -3.86. The van der Waals surface area contributed by atoms with Gasteiger partial charge >= 0.3 is 5.97 Å². The summed E-state index contributed by atoms with van der Waals surface area (Å²) in [5.41, 5.74) is 3.15. The summed E-state index contributed by atoms with van der Waals surface area (Å²) < 4.78 is 11.2. The Kier molecular flexibility index (Phi) is 6.66. The average Bonchev–Trinajstić information content (AvgIpc) is 3.08. The molecule has 3 aromatic rings. The van der Waals surface area contributed by atoms with Crippen LogP contribution in [0.15, 0.2) is 96.8 Å². The molecule has 1 aliphatic rings. The van der Waals surface area contributed by atoms with Gasteiger partial charge in [-0.3, -0.25) is 9.59 Å². The molecular weight excluding hydrogens is 402 g/mol. The van der Waals surface area contributed by atoms with Gasteiger partial charge in [0.1, 0.15) is 18.1 Å². The van der Waals surface area contributed by atoms with Gasteiger partial charge in [0.05, 0.1) is 6.04 Å². The maximum atomic E-state index is 12.9. The quantitative estimate of drug-likeness (QED) is 0.387.